The van der Waals surface area contributed by atoms with E-state index in [1.54, 1.807) is 0 Å². The molecule has 104 valence electrons. The fraction of sp³-hybridized carbons (Fsp3) is 0.429. The van der Waals surface area contributed by atoms with Crippen molar-refractivity contribution in [1.82, 2.24) is 0 Å². The van der Waals surface area contributed by atoms with E-state index < -0.39 is 17.1 Å². The molecule has 0 aliphatic heterocycles. The summed E-state index contributed by atoms with van der Waals surface area (Å²) in [5.74, 6) is -0.923. The van der Waals surface area contributed by atoms with Gasteiger partial charge in [-0.3, -0.25) is 9.59 Å². The Kier molecular flexibility index (Phi) is 7.15. The monoisotopic (exact) mass is 283 g/mol. The first-order valence-corrected chi connectivity index (χ1v) is 6.60. The molecule has 0 amide bonds. The molecule has 0 aliphatic rings. The SMILES string of the molecule is NCCCC(CC(=O)OCc1ccccc1)C(=O)Cl. The van der Waals surface area contributed by atoms with E-state index in [1.807, 2.05) is 30.3 Å². The van der Waals surface area contributed by atoms with Crippen LogP contribution in [0.25, 0.3) is 0 Å². The molecule has 4 nitrogen and oxygen atoms in total. The van der Waals surface area contributed by atoms with E-state index in [2.05, 4.69) is 0 Å². The maximum atomic E-state index is 11.6. The fourth-order valence-electron chi connectivity index (χ4n) is 1.66. The highest BCUT2D eigenvalue weighted by molar-refractivity contribution is 6.64. The van der Waals surface area contributed by atoms with E-state index >= 15 is 0 Å². The first-order chi connectivity index (χ1) is 9.13. The molecule has 2 N–H and O–H groups in total. The van der Waals surface area contributed by atoms with Gasteiger partial charge in [-0.05, 0) is 36.6 Å². The van der Waals surface area contributed by atoms with E-state index in [1.165, 1.54) is 0 Å². The summed E-state index contributed by atoms with van der Waals surface area (Å²) in [5, 5.41) is -0.509. The highest BCUT2D eigenvalue weighted by Crippen LogP contribution is 2.16. The van der Waals surface area contributed by atoms with Crippen molar-refractivity contribution in [1.29, 1.82) is 0 Å². The molecule has 0 spiro atoms. The molecule has 1 unspecified atom stereocenters. The number of hydrogen-bond donors (Lipinski definition) is 1. The van der Waals surface area contributed by atoms with Gasteiger partial charge in [-0.1, -0.05) is 30.3 Å². The second-order valence-corrected chi connectivity index (χ2v) is 4.65. The van der Waals surface area contributed by atoms with Crippen molar-refractivity contribution >= 4 is 22.8 Å². The average molecular weight is 284 g/mol. The molecule has 0 radical (unpaired) electrons. The maximum Gasteiger partial charge on any atom is 0.306 e. The van der Waals surface area contributed by atoms with Gasteiger partial charge < -0.3 is 10.5 Å². The number of benzene rings is 1. The van der Waals surface area contributed by atoms with Crippen LogP contribution >= 0.6 is 11.6 Å². The number of carbonyl (C=O) groups is 2. The molecule has 1 atom stereocenters. The topological polar surface area (TPSA) is 69.4 Å². The van der Waals surface area contributed by atoms with E-state index in [0.717, 1.165) is 5.56 Å². The minimum Gasteiger partial charge on any atom is -0.461 e. The van der Waals surface area contributed by atoms with Gasteiger partial charge in [0.1, 0.15) is 6.61 Å². The Bertz CT molecular complexity index is 408. The molecular weight excluding hydrogens is 266 g/mol. The number of esters is 1. The molecule has 0 saturated heterocycles. The Morgan fingerprint density at radius 3 is 2.53 bits per heavy atom. The number of halogens is 1. The maximum absolute atomic E-state index is 11.6. The molecule has 5 heteroatoms. The summed E-state index contributed by atoms with van der Waals surface area (Å²) in [6.45, 7) is 0.680. The van der Waals surface area contributed by atoms with Crippen molar-refractivity contribution < 1.29 is 14.3 Å². The van der Waals surface area contributed by atoms with Crippen LogP contribution in [-0.2, 0) is 20.9 Å². The van der Waals surface area contributed by atoms with Gasteiger partial charge in [-0.15, -0.1) is 0 Å². The first-order valence-electron chi connectivity index (χ1n) is 6.22. The third kappa shape index (κ3) is 6.36. The number of carbonyl (C=O) groups excluding carboxylic acids is 2. The quantitative estimate of drug-likeness (QED) is 0.587. The summed E-state index contributed by atoms with van der Waals surface area (Å²) in [5.41, 5.74) is 6.28. The van der Waals surface area contributed by atoms with Crippen LogP contribution in [0.15, 0.2) is 30.3 Å². The van der Waals surface area contributed by atoms with Crippen molar-refractivity contribution in [2.45, 2.75) is 25.9 Å². The van der Waals surface area contributed by atoms with Crippen molar-refractivity contribution in [3.63, 3.8) is 0 Å². The lowest BCUT2D eigenvalue weighted by molar-refractivity contribution is -0.147. The van der Waals surface area contributed by atoms with Crippen molar-refractivity contribution in [3.8, 4) is 0 Å². The lowest BCUT2D eigenvalue weighted by atomic mass is 10.0. The predicted octanol–water partition coefficient (Wildman–Crippen LogP) is 2.24. The lowest BCUT2D eigenvalue weighted by Gasteiger charge is -2.11. The molecule has 1 aromatic rings. The summed E-state index contributed by atoms with van der Waals surface area (Å²) >= 11 is 5.45. The van der Waals surface area contributed by atoms with Crippen LogP contribution in [0.5, 0.6) is 0 Å². The zero-order valence-corrected chi connectivity index (χ0v) is 11.4. The van der Waals surface area contributed by atoms with Crippen molar-refractivity contribution in [2.75, 3.05) is 6.54 Å². The molecule has 0 aliphatic carbocycles. The lowest BCUT2D eigenvalue weighted by Crippen LogP contribution is -2.17. The summed E-state index contributed by atoms with van der Waals surface area (Å²) in [7, 11) is 0. The Morgan fingerprint density at radius 2 is 1.95 bits per heavy atom. The Morgan fingerprint density at radius 1 is 1.26 bits per heavy atom. The third-order valence-corrected chi connectivity index (χ3v) is 3.04. The second kappa shape index (κ2) is 8.67. The van der Waals surface area contributed by atoms with Crippen LogP contribution in [0.1, 0.15) is 24.8 Å². The second-order valence-electron chi connectivity index (χ2n) is 4.28. The number of rotatable bonds is 8. The van der Waals surface area contributed by atoms with Gasteiger partial charge in [-0.25, -0.2) is 0 Å². The van der Waals surface area contributed by atoms with Gasteiger partial charge in [0, 0.05) is 5.92 Å². The van der Waals surface area contributed by atoms with E-state index in [-0.39, 0.29) is 13.0 Å². The van der Waals surface area contributed by atoms with E-state index in [9.17, 15) is 9.59 Å². The van der Waals surface area contributed by atoms with Crippen LogP contribution in [0, 0.1) is 5.92 Å². The molecule has 0 fully saturated rings. The predicted molar refractivity (Wildman–Crippen MR) is 73.5 cm³/mol. The van der Waals surface area contributed by atoms with Gasteiger partial charge in [-0.2, -0.15) is 0 Å². The smallest absolute Gasteiger partial charge is 0.306 e. The zero-order valence-electron chi connectivity index (χ0n) is 10.7. The molecular formula is C14H18ClNO3. The summed E-state index contributed by atoms with van der Waals surface area (Å²) in [6.07, 6.45) is 1.18. The highest BCUT2D eigenvalue weighted by Gasteiger charge is 2.20. The normalized spacial score (nSPS) is 11.9. The summed E-state index contributed by atoms with van der Waals surface area (Å²) < 4.78 is 5.11. The zero-order chi connectivity index (χ0) is 14.1. The molecule has 19 heavy (non-hydrogen) atoms. The van der Waals surface area contributed by atoms with Crippen LogP contribution in [0.4, 0.5) is 0 Å². The van der Waals surface area contributed by atoms with Gasteiger partial charge in [0.15, 0.2) is 0 Å². The Labute approximate surface area is 117 Å². The first kappa shape index (κ1) is 15.7. The molecule has 0 heterocycles. The fourth-order valence-corrected chi connectivity index (χ4v) is 1.84. The van der Waals surface area contributed by atoms with E-state index in [0.29, 0.717) is 19.4 Å². The molecule has 0 bridgehead atoms. The molecule has 1 aromatic carbocycles. The Hall–Kier alpha value is -1.39. The van der Waals surface area contributed by atoms with Crippen LogP contribution in [0.3, 0.4) is 0 Å². The van der Waals surface area contributed by atoms with Gasteiger partial charge in [0.2, 0.25) is 5.24 Å². The highest BCUT2D eigenvalue weighted by atomic mass is 35.5. The van der Waals surface area contributed by atoms with Crippen molar-refractivity contribution in [2.24, 2.45) is 11.7 Å². The largest absolute Gasteiger partial charge is 0.461 e. The van der Waals surface area contributed by atoms with Crippen LogP contribution < -0.4 is 5.73 Å². The van der Waals surface area contributed by atoms with Gasteiger partial charge >= 0.3 is 5.97 Å². The van der Waals surface area contributed by atoms with E-state index in [4.69, 9.17) is 22.1 Å². The molecule has 0 saturated carbocycles. The summed E-state index contributed by atoms with van der Waals surface area (Å²) in [6, 6.07) is 9.36. The molecule has 0 aromatic heterocycles. The number of ether oxygens (including phenoxy) is 1. The Balaban J connectivity index is 2.38. The number of nitrogens with two attached hydrogens (primary N) is 1. The summed E-state index contributed by atoms with van der Waals surface area (Å²) in [4.78, 5) is 22.8. The number of hydrogen-bond acceptors (Lipinski definition) is 4. The van der Waals surface area contributed by atoms with Gasteiger partial charge in [0.05, 0.1) is 6.42 Å². The van der Waals surface area contributed by atoms with Crippen LogP contribution in [0.2, 0.25) is 0 Å². The minimum absolute atomic E-state index is 0.00909. The van der Waals surface area contributed by atoms with Crippen molar-refractivity contribution in [3.05, 3.63) is 35.9 Å². The standard InChI is InChI=1S/C14H18ClNO3/c15-14(18)12(7-4-8-16)9-13(17)19-10-11-5-2-1-3-6-11/h1-3,5-6,12H,4,7-10,16H2. The average Bonchev–Trinajstić information content (AvgIpc) is 2.42. The van der Waals surface area contributed by atoms with Gasteiger partial charge in [0.25, 0.3) is 0 Å². The third-order valence-electron chi connectivity index (χ3n) is 2.73. The minimum atomic E-state index is -0.509. The van der Waals surface area contributed by atoms with Crippen LogP contribution in [-0.4, -0.2) is 17.8 Å². The molecule has 1 rings (SSSR count).